The number of hydrogen-bond acceptors (Lipinski definition) is 3. The number of aromatic amines is 2. The number of allylic oxidation sites excluding steroid dienone is 7. The van der Waals surface area contributed by atoms with Crippen molar-refractivity contribution < 1.29 is 4.39 Å². The van der Waals surface area contributed by atoms with Crippen LogP contribution >= 0.6 is 11.3 Å². The first-order valence-corrected chi connectivity index (χ1v) is 11.9. The molecule has 0 spiro atoms. The van der Waals surface area contributed by atoms with E-state index in [-0.39, 0.29) is 5.13 Å². The van der Waals surface area contributed by atoms with Gasteiger partial charge in [0.1, 0.15) is 11.2 Å². The third-order valence-corrected chi connectivity index (χ3v) is 6.62. The lowest BCUT2D eigenvalue weighted by Crippen LogP contribution is -1.90. The van der Waals surface area contributed by atoms with Crippen LogP contribution in [0.2, 0.25) is 0 Å². The Balaban J connectivity index is 1.80. The summed E-state index contributed by atoms with van der Waals surface area (Å²) in [6.07, 6.45) is 10.6. The second-order valence-corrected chi connectivity index (χ2v) is 8.86. The maximum absolute atomic E-state index is 13.7. The first-order chi connectivity index (χ1) is 16.5. The lowest BCUT2D eigenvalue weighted by Gasteiger charge is -2.04. The molecule has 0 unspecified atom stereocenters. The van der Waals surface area contributed by atoms with Crippen LogP contribution in [0.4, 0.5) is 4.39 Å². The Kier molecular flexibility index (Phi) is 6.89. The van der Waals surface area contributed by atoms with Gasteiger partial charge in [0.15, 0.2) is 5.13 Å². The van der Waals surface area contributed by atoms with E-state index in [1.165, 1.54) is 6.07 Å². The summed E-state index contributed by atoms with van der Waals surface area (Å²) in [5.74, 6) is 0. The molecule has 0 bridgehead atoms. The smallest absolute Gasteiger partial charge is 0.176 e. The fourth-order valence-corrected chi connectivity index (χ4v) is 4.67. The molecule has 4 aromatic rings. The minimum atomic E-state index is -0.218. The summed E-state index contributed by atoms with van der Waals surface area (Å²) in [7, 11) is 0. The number of pyridine rings is 1. The van der Waals surface area contributed by atoms with E-state index in [9.17, 15) is 4.39 Å². The number of nitrogens with zero attached hydrogens (tertiary/aromatic N) is 2. The van der Waals surface area contributed by atoms with E-state index in [4.69, 9.17) is 4.98 Å². The van der Waals surface area contributed by atoms with Crippen molar-refractivity contribution in [2.75, 3.05) is 0 Å². The van der Waals surface area contributed by atoms with Gasteiger partial charge in [0.25, 0.3) is 0 Å². The Morgan fingerprint density at radius 3 is 2.68 bits per heavy atom. The highest BCUT2D eigenvalue weighted by molar-refractivity contribution is 7.11. The molecule has 0 fully saturated rings. The van der Waals surface area contributed by atoms with Crippen LogP contribution < -0.4 is 0 Å². The number of hydrogen-bond donors (Lipinski definition) is 2. The number of nitrogens with one attached hydrogen (secondary N) is 2. The minimum absolute atomic E-state index is 0.218. The van der Waals surface area contributed by atoms with Crippen LogP contribution in [0, 0.1) is 12.1 Å². The number of thiophene rings is 1. The first kappa shape index (κ1) is 23.4. The monoisotopic (exact) mass is 470 g/mol. The third kappa shape index (κ3) is 4.50. The number of aryl methyl sites for hydroxylation is 1. The Hall–Kier alpha value is -3.77. The molecule has 4 aromatic heterocycles. The zero-order chi connectivity index (χ0) is 24.2. The molecule has 0 aromatic carbocycles. The molecule has 34 heavy (non-hydrogen) atoms. The van der Waals surface area contributed by atoms with Crippen molar-refractivity contribution in [3.05, 3.63) is 106 Å². The predicted octanol–water partition coefficient (Wildman–Crippen LogP) is 8.01. The Labute approximate surface area is 203 Å². The molecule has 4 nitrogen and oxygen atoms in total. The first-order valence-electron chi connectivity index (χ1n) is 11.1. The van der Waals surface area contributed by atoms with Gasteiger partial charge in [-0.2, -0.15) is 9.49 Å². The van der Waals surface area contributed by atoms with Crippen molar-refractivity contribution in [1.82, 2.24) is 20.2 Å². The average Bonchev–Trinajstić information content (AvgIpc) is 3.56. The number of rotatable bonds is 8. The summed E-state index contributed by atoms with van der Waals surface area (Å²) >= 11 is 1.12. The summed E-state index contributed by atoms with van der Waals surface area (Å²) in [6, 6.07) is 9.30. The topological polar surface area (TPSA) is 57.4 Å². The Morgan fingerprint density at radius 1 is 1.21 bits per heavy atom. The molecule has 0 saturated carbocycles. The molecule has 0 aliphatic rings. The molecule has 6 heteroatoms. The summed E-state index contributed by atoms with van der Waals surface area (Å²) in [5, 5.41) is 7.43. The Morgan fingerprint density at radius 2 is 2.03 bits per heavy atom. The summed E-state index contributed by atoms with van der Waals surface area (Å²) < 4.78 is 13.7. The molecule has 0 atom stereocenters. The lowest BCUT2D eigenvalue weighted by molar-refractivity contribution is 0.657. The average molecular weight is 471 g/mol. The standard InChI is InChI=1S/C28H27FN4S/c1-6-10-20(25-13-14-26(29)34-25)21-16-24(30-17(21)5)28-27-23(32-33-28)12-11-22(31-27)19(9-4)15-18(7-2)8-3/h6-7,9-16,30H,1-2,8H2,3-5H3,(H,32,33)/b18-15+,19-9+,20-10+. The van der Waals surface area contributed by atoms with Crippen LogP contribution in [-0.2, 0) is 0 Å². The molecule has 0 radical (unpaired) electrons. The van der Waals surface area contributed by atoms with E-state index >= 15 is 0 Å². The molecule has 0 aliphatic heterocycles. The molecule has 2 N–H and O–H groups in total. The van der Waals surface area contributed by atoms with Crippen molar-refractivity contribution in [2.24, 2.45) is 0 Å². The zero-order valence-corrected chi connectivity index (χ0v) is 20.4. The van der Waals surface area contributed by atoms with Gasteiger partial charge in [-0.05, 0) is 67.8 Å². The van der Waals surface area contributed by atoms with Crippen molar-refractivity contribution in [3.63, 3.8) is 0 Å². The minimum Gasteiger partial charge on any atom is -0.357 e. The normalized spacial score (nSPS) is 13.0. The van der Waals surface area contributed by atoms with Crippen molar-refractivity contribution in [3.8, 4) is 11.4 Å². The maximum atomic E-state index is 13.7. The van der Waals surface area contributed by atoms with E-state index in [1.807, 2.05) is 44.2 Å². The number of halogens is 1. The molecule has 4 rings (SSSR count). The zero-order valence-electron chi connectivity index (χ0n) is 19.6. The van der Waals surface area contributed by atoms with Gasteiger partial charge < -0.3 is 4.98 Å². The summed E-state index contributed by atoms with van der Waals surface area (Å²) in [6.45, 7) is 13.8. The van der Waals surface area contributed by atoms with E-state index in [0.717, 1.165) is 78.7 Å². The van der Waals surface area contributed by atoms with E-state index in [0.29, 0.717) is 0 Å². The lowest BCUT2D eigenvalue weighted by atomic mass is 10.0. The largest absolute Gasteiger partial charge is 0.357 e. The Bertz CT molecular complexity index is 1460. The highest BCUT2D eigenvalue weighted by Crippen LogP contribution is 2.35. The second kappa shape index (κ2) is 10.0. The van der Waals surface area contributed by atoms with Gasteiger partial charge >= 0.3 is 0 Å². The highest BCUT2D eigenvalue weighted by atomic mass is 32.1. The fourth-order valence-electron chi connectivity index (χ4n) is 3.90. The van der Waals surface area contributed by atoms with Gasteiger partial charge in [-0.15, -0.1) is 11.3 Å². The number of fused-ring (bicyclic) bond motifs is 1. The van der Waals surface area contributed by atoms with E-state index < -0.39 is 0 Å². The van der Waals surface area contributed by atoms with Crippen molar-refractivity contribution in [2.45, 2.75) is 27.2 Å². The second-order valence-electron chi connectivity index (χ2n) is 7.83. The van der Waals surface area contributed by atoms with Gasteiger partial charge in [-0.3, -0.25) is 5.10 Å². The van der Waals surface area contributed by atoms with Gasteiger partial charge in [-0.1, -0.05) is 44.4 Å². The summed E-state index contributed by atoms with van der Waals surface area (Å²) in [4.78, 5) is 9.23. The summed E-state index contributed by atoms with van der Waals surface area (Å²) in [5.41, 5.74) is 9.11. The molecule has 0 amide bonds. The quantitative estimate of drug-likeness (QED) is 0.256. The van der Waals surface area contributed by atoms with Gasteiger partial charge in [-0.25, -0.2) is 4.98 Å². The maximum Gasteiger partial charge on any atom is 0.176 e. The van der Waals surface area contributed by atoms with Crippen LogP contribution in [0.25, 0.3) is 33.6 Å². The van der Waals surface area contributed by atoms with Crippen LogP contribution in [0.15, 0.2) is 79.4 Å². The van der Waals surface area contributed by atoms with Crippen LogP contribution in [0.5, 0.6) is 0 Å². The van der Waals surface area contributed by atoms with Crippen LogP contribution in [0.1, 0.15) is 42.1 Å². The molecular weight excluding hydrogens is 443 g/mol. The van der Waals surface area contributed by atoms with Gasteiger partial charge in [0.05, 0.1) is 16.9 Å². The van der Waals surface area contributed by atoms with Gasteiger partial charge in [0, 0.05) is 21.7 Å². The van der Waals surface area contributed by atoms with E-state index in [1.54, 1.807) is 12.1 Å². The van der Waals surface area contributed by atoms with E-state index in [2.05, 4.69) is 47.4 Å². The SMILES string of the molecule is C=C/C=C(/c1ccc(F)s1)c1cc(-c2n[nH]c3ccc(C(/C=C(\C=C)CC)=C/C)nc23)[nH]c1C. The highest BCUT2D eigenvalue weighted by Gasteiger charge is 2.18. The number of aromatic nitrogens is 4. The van der Waals surface area contributed by atoms with Gasteiger partial charge in [0.2, 0.25) is 0 Å². The van der Waals surface area contributed by atoms with Crippen molar-refractivity contribution in [1.29, 1.82) is 0 Å². The van der Waals surface area contributed by atoms with Crippen LogP contribution in [0.3, 0.4) is 0 Å². The predicted molar refractivity (Wildman–Crippen MR) is 142 cm³/mol. The molecular formula is C28H27FN4S. The fraction of sp³-hybridized carbons (Fsp3) is 0.143. The van der Waals surface area contributed by atoms with Crippen molar-refractivity contribution >= 4 is 33.5 Å². The third-order valence-electron chi connectivity index (χ3n) is 5.71. The molecule has 4 heterocycles. The molecule has 0 aliphatic carbocycles. The number of H-pyrrole nitrogens is 2. The molecule has 0 saturated heterocycles. The molecule has 172 valence electrons. The van der Waals surface area contributed by atoms with Crippen LogP contribution in [-0.4, -0.2) is 20.2 Å².